The van der Waals surface area contributed by atoms with Crippen LogP contribution < -0.4 is 38.2 Å². The first-order valence-corrected chi connectivity index (χ1v) is 19.5. The van der Waals surface area contributed by atoms with Crippen molar-refractivity contribution in [2.45, 2.75) is 71.8 Å². The molecule has 3 rings (SSSR count). The van der Waals surface area contributed by atoms with Crippen molar-refractivity contribution >= 4 is 47.6 Å². The number of carboxylic acids is 1. The Morgan fingerprint density at radius 2 is 1.37 bits per heavy atom. The van der Waals surface area contributed by atoms with E-state index in [-0.39, 0.29) is 50.9 Å². The van der Waals surface area contributed by atoms with Crippen molar-refractivity contribution in [3.63, 3.8) is 0 Å². The van der Waals surface area contributed by atoms with E-state index in [0.717, 1.165) is 36.8 Å². The van der Waals surface area contributed by atoms with Gasteiger partial charge in [-0.25, -0.2) is 19.2 Å². The minimum absolute atomic E-state index is 0.0308. The van der Waals surface area contributed by atoms with Crippen LogP contribution in [0.1, 0.15) is 52.0 Å². The van der Waals surface area contributed by atoms with Gasteiger partial charge in [0.05, 0.1) is 6.54 Å². The van der Waals surface area contributed by atoms with Gasteiger partial charge in [0.2, 0.25) is 23.6 Å². The van der Waals surface area contributed by atoms with Crippen LogP contribution in [0.5, 0.6) is 0 Å². The number of amides is 6. The molecule has 0 radical (unpaired) electrons. The molecule has 1 aromatic carbocycles. The average Bonchev–Trinajstić information content (AvgIpc) is 3.19. The third-order valence-electron chi connectivity index (χ3n) is 8.35. The lowest BCUT2D eigenvalue weighted by Gasteiger charge is -2.24. The normalized spacial score (nSPS) is 10.8. The van der Waals surface area contributed by atoms with Crippen LogP contribution in [0.25, 0.3) is 0 Å². The minimum Gasteiger partial charge on any atom is -0.480 e. The van der Waals surface area contributed by atoms with E-state index in [1.165, 1.54) is 12.3 Å². The highest BCUT2D eigenvalue weighted by Crippen LogP contribution is 2.07. The number of ether oxygens (including phenoxy) is 2. The van der Waals surface area contributed by atoms with Crippen molar-refractivity contribution in [2.75, 3.05) is 51.1 Å². The second-order valence-corrected chi connectivity index (χ2v) is 14.6. The third-order valence-corrected chi connectivity index (χ3v) is 8.35. The van der Waals surface area contributed by atoms with Crippen LogP contribution in [0, 0.1) is 0 Å². The Hall–Kier alpha value is -7.33. The molecule has 0 atom stereocenters. The summed E-state index contributed by atoms with van der Waals surface area (Å²) in [6.45, 7) is 2.23. The van der Waals surface area contributed by atoms with Crippen LogP contribution in [0.2, 0.25) is 0 Å². The molecule has 2 heterocycles. The van der Waals surface area contributed by atoms with Crippen molar-refractivity contribution in [1.82, 2.24) is 44.9 Å². The van der Waals surface area contributed by atoms with Gasteiger partial charge < -0.3 is 40.3 Å². The van der Waals surface area contributed by atoms with Gasteiger partial charge in [-0.2, -0.15) is 4.98 Å². The Bertz CT molecular complexity index is 2200. The van der Waals surface area contributed by atoms with E-state index in [9.17, 15) is 53.1 Å². The Morgan fingerprint density at radius 3 is 2.00 bits per heavy atom. The number of carbonyl (C=O) groups is 7. The summed E-state index contributed by atoms with van der Waals surface area (Å²) in [7, 11) is 0. The number of aromatic nitrogens is 4. The smallest absolute Gasteiger partial charge is 0.413 e. The number of carbonyl (C=O) groups excluding carboxylic acids is 6. The van der Waals surface area contributed by atoms with Gasteiger partial charge in [0, 0.05) is 57.6 Å². The summed E-state index contributed by atoms with van der Waals surface area (Å²) in [5.41, 5.74) is -2.37. The number of nitrogens with one attached hydrogen (secondary N) is 5. The SMILES string of the molecule is CC(C)(C)OC(=O)NCCCCCC(=O)NCCN(CC(=O)NCCN(CC(=O)O)C(=O)Cn1ccc(NC(=O)OCc2ccccc2)nc1=O)C(=O)Cn1ccc(=O)[nH]c1=O. The summed E-state index contributed by atoms with van der Waals surface area (Å²) < 4.78 is 12.1. The highest BCUT2D eigenvalue weighted by molar-refractivity contribution is 5.85. The number of alkyl carbamates (subject to hydrolysis) is 1. The van der Waals surface area contributed by atoms with Crippen LogP contribution in [-0.2, 0) is 53.1 Å². The second kappa shape index (κ2) is 24.7. The van der Waals surface area contributed by atoms with Gasteiger partial charge in [-0.3, -0.25) is 48.2 Å². The molecule has 0 saturated carbocycles. The molecular weight excluding hydrogens is 816 g/mol. The molecule has 0 saturated heterocycles. The Kier molecular flexibility index (Phi) is 19.5. The number of unbranched alkanes of at least 4 members (excludes halogenated alkanes) is 2. The van der Waals surface area contributed by atoms with Crippen LogP contribution in [-0.4, -0.2) is 127 Å². The summed E-state index contributed by atoms with van der Waals surface area (Å²) in [6.07, 6.45) is 2.77. The Labute approximate surface area is 354 Å². The molecule has 0 spiro atoms. The monoisotopic (exact) mass is 868 g/mol. The lowest BCUT2D eigenvalue weighted by atomic mass is 10.2. The lowest BCUT2D eigenvalue weighted by Crippen LogP contribution is -2.48. The fraction of sp³-hybridized carbons (Fsp3) is 0.462. The largest absolute Gasteiger partial charge is 0.480 e. The number of nitrogens with zero attached hydrogens (tertiary/aromatic N) is 5. The maximum atomic E-state index is 13.3. The zero-order chi connectivity index (χ0) is 45.7. The van der Waals surface area contributed by atoms with Gasteiger partial charge in [0.15, 0.2) is 0 Å². The maximum absolute atomic E-state index is 13.3. The van der Waals surface area contributed by atoms with E-state index >= 15 is 0 Å². The first kappa shape index (κ1) is 49.0. The standard InChI is InChI=1S/C39H52N10O13/c1-39(2,3)62-37(59)42-15-9-5-8-12-29(50)40-16-20-46(32(53)23-49-19-14-30(51)45-36(49)58)22-31(52)41-17-21-47(25-34(55)56)33(54)24-48-18-13-28(43-35(48)57)44-38(60)61-26-27-10-6-4-7-11-27/h4,6-7,10-11,13-14,18-19H,5,8-9,12,15-17,20-26H2,1-3H3,(H,40,50)(H,41,52)(H,42,59)(H,55,56)(H,45,51,58)(H,43,44,57,60). The quantitative estimate of drug-likeness (QED) is 0.0662. The fourth-order valence-electron chi connectivity index (χ4n) is 5.36. The van der Waals surface area contributed by atoms with Gasteiger partial charge in [0.1, 0.15) is 37.7 Å². The summed E-state index contributed by atoms with van der Waals surface area (Å²) in [5, 5.41) is 19.6. The molecule has 6 amide bonds. The Balaban J connectivity index is 1.52. The minimum atomic E-state index is -1.38. The zero-order valence-corrected chi connectivity index (χ0v) is 34.7. The molecule has 3 aromatic rings. The molecule has 336 valence electrons. The number of benzene rings is 1. The molecule has 23 heteroatoms. The van der Waals surface area contributed by atoms with E-state index < -0.39 is 84.6 Å². The highest BCUT2D eigenvalue weighted by Gasteiger charge is 2.22. The number of rotatable bonds is 23. The van der Waals surface area contributed by atoms with Gasteiger partial charge in [-0.1, -0.05) is 36.8 Å². The molecular formula is C39H52N10O13. The number of carboxylic acid groups (broad SMARTS) is 1. The van der Waals surface area contributed by atoms with Gasteiger partial charge in [-0.15, -0.1) is 0 Å². The lowest BCUT2D eigenvalue weighted by molar-refractivity contribution is -0.144. The molecule has 0 fully saturated rings. The van der Waals surface area contributed by atoms with Crippen LogP contribution in [0.3, 0.4) is 0 Å². The molecule has 0 aliphatic carbocycles. The molecule has 0 bridgehead atoms. The summed E-state index contributed by atoms with van der Waals surface area (Å²) >= 11 is 0. The predicted molar refractivity (Wildman–Crippen MR) is 220 cm³/mol. The summed E-state index contributed by atoms with van der Waals surface area (Å²) in [5.74, 6) is -4.12. The number of anilines is 1. The van der Waals surface area contributed by atoms with Crippen molar-refractivity contribution in [1.29, 1.82) is 0 Å². The second-order valence-electron chi connectivity index (χ2n) is 14.6. The van der Waals surface area contributed by atoms with Crippen molar-refractivity contribution in [3.05, 3.63) is 91.7 Å². The summed E-state index contributed by atoms with van der Waals surface area (Å²) in [4.78, 5) is 131. The van der Waals surface area contributed by atoms with E-state index in [4.69, 9.17) is 9.47 Å². The van der Waals surface area contributed by atoms with Crippen molar-refractivity contribution in [2.24, 2.45) is 0 Å². The fourth-order valence-corrected chi connectivity index (χ4v) is 5.36. The van der Waals surface area contributed by atoms with Crippen LogP contribution in [0.15, 0.2) is 69.2 Å². The first-order chi connectivity index (χ1) is 29.4. The zero-order valence-electron chi connectivity index (χ0n) is 34.7. The summed E-state index contributed by atoms with van der Waals surface area (Å²) in [6, 6.07) is 11.1. The molecule has 2 aromatic heterocycles. The van der Waals surface area contributed by atoms with Gasteiger partial charge in [0.25, 0.3) is 5.56 Å². The van der Waals surface area contributed by atoms with E-state index in [2.05, 4.69) is 26.3 Å². The van der Waals surface area contributed by atoms with Crippen LogP contribution in [0.4, 0.5) is 15.4 Å². The first-order valence-electron chi connectivity index (χ1n) is 19.5. The van der Waals surface area contributed by atoms with Crippen LogP contribution >= 0.6 is 0 Å². The Morgan fingerprint density at radius 1 is 0.742 bits per heavy atom. The molecule has 62 heavy (non-hydrogen) atoms. The highest BCUT2D eigenvalue weighted by atomic mass is 16.6. The predicted octanol–water partition coefficient (Wildman–Crippen LogP) is -0.398. The maximum Gasteiger partial charge on any atom is 0.413 e. The van der Waals surface area contributed by atoms with E-state index in [1.807, 2.05) is 4.98 Å². The topological polar surface area (TPSA) is 303 Å². The number of aliphatic carboxylic acids is 1. The van der Waals surface area contributed by atoms with Crippen molar-refractivity contribution < 1.29 is 48.1 Å². The molecule has 23 nitrogen and oxygen atoms in total. The number of H-pyrrole nitrogens is 1. The number of aromatic amines is 1. The number of hydrogen-bond donors (Lipinski definition) is 6. The molecule has 0 aliphatic heterocycles. The van der Waals surface area contributed by atoms with E-state index in [0.29, 0.717) is 25.8 Å². The molecule has 6 N–H and O–H groups in total. The van der Waals surface area contributed by atoms with E-state index in [1.54, 1.807) is 51.1 Å². The van der Waals surface area contributed by atoms with Gasteiger partial charge in [-0.05, 0) is 45.2 Å². The van der Waals surface area contributed by atoms with Gasteiger partial charge >= 0.3 is 29.5 Å². The third kappa shape index (κ3) is 19.2. The van der Waals surface area contributed by atoms with Crippen molar-refractivity contribution in [3.8, 4) is 0 Å². The average molecular weight is 869 g/mol. The molecule has 0 aliphatic rings. The number of hydrogen-bond acceptors (Lipinski definition) is 13. The molecule has 0 unspecified atom stereocenters.